The van der Waals surface area contributed by atoms with E-state index in [9.17, 15) is 4.79 Å². The van der Waals surface area contributed by atoms with Gasteiger partial charge < -0.3 is 10.6 Å². The van der Waals surface area contributed by atoms with Gasteiger partial charge in [0.1, 0.15) is 11.0 Å². The highest BCUT2D eigenvalue weighted by Gasteiger charge is 2.13. The predicted octanol–water partition coefficient (Wildman–Crippen LogP) is 2.77. The van der Waals surface area contributed by atoms with Crippen molar-refractivity contribution in [1.29, 1.82) is 0 Å². The topological polar surface area (TPSA) is 99.0 Å². The minimum atomic E-state index is -1.02. The minimum absolute atomic E-state index is 0. The van der Waals surface area contributed by atoms with E-state index < -0.39 is 5.97 Å². The molecule has 0 aliphatic rings. The Hall–Kier alpha value is -1.66. The van der Waals surface area contributed by atoms with Gasteiger partial charge in [-0.2, -0.15) is 0 Å². The molecule has 7 heteroatoms. The summed E-state index contributed by atoms with van der Waals surface area (Å²) in [5, 5.41) is 17.4. The number of carboxylic acid groups (broad SMARTS) is 1. The molecule has 0 unspecified atom stereocenters. The van der Waals surface area contributed by atoms with Crippen molar-refractivity contribution in [2.75, 3.05) is 0 Å². The Balaban J connectivity index is 0.00000220. The number of rotatable bonds is 7. The Bertz CT molecular complexity index is 613. The number of aromatic carboxylic acids is 1. The quantitative estimate of drug-likeness (QED) is 0.627. The molecule has 0 spiro atoms. The monoisotopic (exact) mass is 313 g/mol. The van der Waals surface area contributed by atoms with Gasteiger partial charge in [-0.25, -0.2) is 4.79 Å². The zero-order valence-electron chi connectivity index (χ0n) is 12.0. The van der Waals surface area contributed by atoms with E-state index in [-0.39, 0.29) is 11.0 Å². The highest BCUT2D eigenvalue weighted by molar-refractivity contribution is 6.30. The van der Waals surface area contributed by atoms with Crippen molar-refractivity contribution in [2.24, 2.45) is 0 Å². The van der Waals surface area contributed by atoms with Crippen LogP contribution in [0.25, 0.3) is 5.65 Å². The van der Waals surface area contributed by atoms with Crippen LogP contribution in [0.5, 0.6) is 0 Å². The van der Waals surface area contributed by atoms with Crippen molar-refractivity contribution >= 4 is 23.2 Å². The Morgan fingerprint density at radius 3 is 2.62 bits per heavy atom. The van der Waals surface area contributed by atoms with Gasteiger partial charge in [-0.15, -0.1) is 10.2 Å². The Kier molecular flexibility index (Phi) is 6.58. The van der Waals surface area contributed by atoms with Crippen molar-refractivity contribution in [3.05, 3.63) is 28.7 Å². The van der Waals surface area contributed by atoms with E-state index >= 15 is 0 Å². The molecule has 116 valence electrons. The first-order valence-corrected chi connectivity index (χ1v) is 7.28. The highest BCUT2D eigenvalue weighted by Crippen LogP contribution is 2.18. The highest BCUT2D eigenvalue weighted by atomic mass is 35.5. The summed E-state index contributed by atoms with van der Waals surface area (Å²) in [5.74, 6) is -0.225. The second kappa shape index (κ2) is 7.95. The van der Waals surface area contributed by atoms with E-state index in [4.69, 9.17) is 16.7 Å². The summed E-state index contributed by atoms with van der Waals surface area (Å²) >= 11 is 6.13. The number of fused-ring (bicyclic) bond motifs is 1. The van der Waals surface area contributed by atoms with Crippen molar-refractivity contribution in [2.45, 2.75) is 45.4 Å². The third-order valence-corrected chi connectivity index (χ3v) is 3.56. The summed E-state index contributed by atoms with van der Waals surface area (Å²) in [4.78, 5) is 11.0. The van der Waals surface area contributed by atoms with Crippen molar-refractivity contribution < 1.29 is 15.4 Å². The summed E-state index contributed by atoms with van der Waals surface area (Å²) in [6, 6.07) is 2.92. The van der Waals surface area contributed by atoms with Crippen LogP contribution in [-0.2, 0) is 6.42 Å². The lowest BCUT2D eigenvalue weighted by Crippen LogP contribution is -2.01. The van der Waals surface area contributed by atoms with Crippen molar-refractivity contribution in [1.82, 2.24) is 14.6 Å². The maximum atomic E-state index is 11.0. The molecule has 6 nitrogen and oxygen atoms in total. The van der Waals surface area contributed by atoms with E-state index in [1.54, 1.807) is 4.40 Å². The summed E-state index contributed by atoms with van der Waals surface area (Å²) in [7, 11) is 0. The van der Waals surface area contributed by atoms with Gasteiger partial charge in [0.2, 0.25) is 0 Å². The second-order valence-corrected chi connectivity index (χ2v) is 5.23. The molecule has 2 aromatic heterocycles. The molecule has 2 rings (SSSR count). The van der Waals surface area contributed by atoms with Gasteiger partial charge in [-0.3, -0.25) is 4.40 Å². The molecule has 0 aliphatic heterocycles. The van der Waals surface area contributed by atoms with Crippen LogP contribution in [0.3, 0.4) is 0 Å². The number of pyridine rings is 1. The molecule has 21 heavy (non-hydrogen) atoms. The van der Waals surface area contributed by atoms with Crippen LogP contribution in [0.1, 0.15) is 55.2 Å². The molecular formula is C14H20ClN3O3. The average molecular weight is 314 g/mol. The maximum Gasteiger partial charge on any atom is 0.335 e. The van der Waals surface area contributed by atoms with Crippen LogP contribution >= 0.6 is 11.6 Å². The average Bonchev–Trinajstić information content (AvgIpc) is 2.82. The lowest BCUT2D eigenvalue weighted by atomic mass is 10.1. The van der Waals surface area contributed by atoms with Crippen LogP contribution in [0.4, 0.5) is 0 Å². The maximum absolute atomic E-state index is 11.0. The molecule has 0 bridgehead atoms. The lowest BCUT2D eigenvalue weighted by Gasteiger charge is -2.04. The molecule has 0 radical (unpaired) electrons. The fourth-order valence-corrected chi connectivity index (χ4v) is 2.50. The largest absolute Gasteiger partial charge is 0.478 e. The summed E-state index contributed by atoms with van der Waals surface area (Å²) in [6.45, 7) is 2.19. The van der Waals surface area contributed by atoms with Crippen LogP contribution in [-0.4, -0.2) is 31.2 Å². The third kappa shape index (κ3) is 4.15. The number of aromatic nitrogens is 3. The lowest BCUT2D eigenvalue weighted by molar-refractivity contribution is 0.0697. The Morgan fingerprint density at radius 1 is 1.24 bits per heavy atom. The van der Waals surface area contributed by atoms with E-state index in [2.05, 4.69) is 17.1 Å². The first kappa shape index (κ1) is 17.4. The van der Waals surface area contributed by atoms with Gasteiger partial charge in [0.25, 0.3) is 0 Å². The van der Waals surface area contributed by atoms with Crippen molar-refractivity contribution in [3.8, 4) is 0 Å². The molecule has 2 heterocycles. The summed E-state index contributed by atoms with van der Waals surface area (Å²) in [5.41, 5.74) is 0.614. The van der Waals surface area contributed by atoms with E-state index in [0.29, 0.717) is 10.8 Å². The molecule has 0 fully saturated rings. The van der Waals surface area contributed by atoms with Crippen LogP contribution in [0.2, 0.25) is 5.15 Å². The van der Waals surface area contributed by atoms with Gasteiger partial charge in [0, 0.05) is 6.42 Å². The van der Waals surface area contributed by atoms with Crippen LogP contribution in [0.15, 0.2) is 12.1 Å². The van der Waals surface area contributed by atoms with E-state index in [1.807, 2.05) is 0 Å². The zero-order chi connectivity index (χ0) is 14.5. The van der Waals surface area contributed by atoms with Gasteiger partial charge in [0.15, 0.2) is 5.65 Å². The normalized spacial score (nSPS) is 10.6. The first-order chi connectivity index (χ1) is 9.63. The molecule has 0 aromatic carbocycles. The fourth-order valence-electron chi connectivity index (χ4n) is 2.20. The molecular weight excluding hydrogens is 294 g/mol. The second-order valence-electron chi connectivity index (χ2n) is 4.85. The smallest absolute Gasteiger partial charge is 0.335 e. The van der Waals surface area contributed by atoms with Crippen LogP contribution < -0.4 is 0 Å². The van der Waals surface area contributed by atoms with Gasteiger partial charge >= 0.3 is 5.97 Å². The third-order valence-electron chi connectivity index (χ3n) is 3.28. The van der Waals surface area contributed by atoms with Crippen molar-refractivity contribution in [3.63, 3.8) is 0 Å². The van der Waals surface area contributed by atoms with E-state index in [0.717, 1.165) is 25.1 Å². The first-order valence-electron chi connectivity index (χ1n) is 6.90. The zero-order valence-corrected chi connectivity index (χ0v) is 12.7. The Labute approximate surface area is 128 Å². The standard InChI is InChI=1S/C14H18ClN3O2.H2O/c1-2-3-4-5-6-7-12-16-17-13-9-10(14(19)20)8-11(15)18(12)13;/h8-9H,2-7H2,1H3,(H,19,20);1H2. The molecule has 0 atom stereocenters. The molecule has 0 saturated heterocycles. The minimum Gasteiger partial charge on any atom is -0.478 e. The number of aryl methyl sites for hydroxylation is 1. The number of unbranched alkanes of at least 4 members (excludes halogenated alkanes) is 4. The Morgan fingerprint density at radius 2 is 1.95 bits per heavy atom. The molecule has 0 saturated carbocycles. The molecule has 2 aromatic rings. The molecule has 0 aliphatic carbocycles. The van der Waals surface area contributed by atoms with E-state index in [1.165, 1.54) is 31.4 Å². The van der Waals surface area contributed by atoms with Gasteiger partial charge in [0.05, 0.1) is 5.56 Å². The van der Waals surface area contributed by atoms with Gasteiger partial charge in [-0.05, 0) is 18.6 Å². The number of carbonyl (C=O) groups is 1. The van der Waals surface area contributed by atoms with Gasteiger partial charge in [-0.1, -0.05) is 44.2 Å². The number of nitrogens with zero attached hydrogens (tertiary/aromatic N) is 3. The van der Waals surface area contributed by atoms with Crippen LogP contribution in [0, 0.1) is 0 Å². The number of carboxylic acids is 1. The number of halogens is 1. The summed E-state index contributed by atoms with van der Waals surface area (Å²) in [6.07, 6.45) is 6.70. The predicted molar refractivity (Wildman–Crippen MR) is 81.0 cm³/mol. The summed E-state index contributed by atoms with van der Waals surface area (Å²) < 4.78 is 1.72. The number of hydrogen-bond donors (Lipinski definition) is 1. The molecule has 3 N–H and O–H groups in total. The molecule has 0 amide bonds. The SMILES string of the molecule is CCCCCCCc1nnc2cc(C(=O)O)cc(Cl)n12.O. The number of hydrogen-bond acceptors (Lipinski definition) is 3. The fraction of sp³-hybridized carbons (Fsp3) is 0.500.